The molecule has 1 aromatic carbocycles. The van der Waals surface area contributed by atoms with Gasteiger partial charge in [0.15, 0.2) is 6.61 Å². The first-order chi connectivity index (χ1) is 11.0. The van der Waals surface area contributed by atoms with Gasteiger partial charge in [-0.3, -0.25) is 4.79 Å². The Morgan fingerprint density at radius 1 is 1.17 bits per heavy atom. The van der Waals surface area contributed by atoms with Crippen LogP contribution in [-0.2, 0) is 6.42 Å². The minimum atomic E-state index is -0.129. The van der Waals surface area contributed by atoms with Crippen LogP contribution in [0.25, 0.3) is 0 Å². The highest BCUT2D eigenvalue weighted by Gasteiger charge is 2.16. The summed E-state index contributed by atoms with van der Waals surface area (Å²) >= 11 is 0. The molecule has 1 heterocycles. The SMILES string of the molecule is CCCCCc1c(C)nn(C(=O)COc2ccccc2C)c1C. The van der Waals surface area contributed by atoms with Gasteiger partial charge in [0, 0.05) is 5.69 Å². The van der Waals surface area contributed by atoms with Crippen molar-refractivity contribution in [2.75, 3.05) is 6.61 Å². The van der Waals surface area contributed by atoms with Crippen LogP contribution in [0.4, 0.5) is 0 Å². The molecule has 1 aromatic heterocycles. The first kappa shape index (κ1) is 17.3. The second-order valence-corrected chi connectivity index (χ2v) is 5.97. The molecule has 0 amide bonds. The monoisotopic (exact) mass is 314 g/mol. The Labute approximate surface area is 138 Å². The van der Waals surface area contributed by atoms with Gasteiger partial charge in [0.05, 0.1) is 5.69 Å². The third-order valence-electron chi connectivity index (χ3n) is 4.15. The fraction of sp³-hybridized carbons (Fsp3) is 0.474. The van der Waals surface area contributed by atoms with E-state index >= 15 is 0 Å². The van der Waals surface area contributed by atoms with E-state index < -0.39 is 0 Å². The molecule has 2 aromatic rings. The van der Waals surface area contributed by atoms with E-state index in [9.17, 15) is 4.79 Å². The molecule has 2 rings (SSSR count). The van der Waals surface area contributed by atoms with Gasteiger partial charge in [-0.25, -0.2) is 4.68 Å². The molecular weight excluding hydrogens is 288 g/mol. The first-order valence-corrected chi connectivity index (χ1v) is 8.31. The van der Waals surface area contributed by atoms with E-state index in [1.807, 2.05) is 45.0 Å². The van der Waals surface area contributed by atoms with Crippen LogP contribution in [0.2, 0.25) is 0 Å². The lowest BCUT2D eigenvalue weighted by molar-refractivity contribution is 0.0817. The zero-order chi connectivity index (χ0) is 16.8. The Morgan fingerprint density at radius 3 is 2.61 bits per heavy atom. The van der Waals surface area contributed by atoms with Crippen LogP contribution < -0.4 is 4.74 Å². The number of ether oxygens (including phenoxy) is 1. The van der Waals surface area contributed by atoms with Crippen molar-refractivity contribution >= 4 is 5.91 Å². The highest BCUT2D eigenvalue weighted by molar-refractivity contribution is 5.80. The van der Waals surface area contributed by atoms with Gasteiger partial charge in [-0.1, -0.05) is 38.0 Å². The third kappa shape index (κ3) is 4.21. The molecular formula is C19H26N2O2. The molecule has 0 unspecified atom stereocenters. The number of carbonyl (C=O) groups excluding carboxylic acids is 1. The molecule has 0 spiro atoms. The smallest absolute Gasteiger partial charge is 0.284 e. The average Bonchev–Trinajstić information content (AvgIpc) is 2.82. The molecule has 0 bridgehead atoms. The predicted molar refractivity (Wildman–Crippen MR) is 92.2 cm³/mol. The number of para-hydroxylation sites is 1. The standard InChI is InChI=1S/C19H26N2O2/c1-5-6-7-11-17-15(3)20-21(16(17)4)19(22)13-23-18-12-9-8-10-14(18)2/h8-10,12H,5-7,11,13H2,1-4H3. The van der Waals surface area contributed by atoms with E-state index in [4.69, 9.17) is 4.74 Å². The maximum atomic E-state index is 12.4. The number of aryl methyl sites for hydroxylation is 2. The average molecular weight is 314 g/mol. The molecule has 0 fully saturated rings. The topological polar surface area (TPSA) is 44.1 Å². The van der Waals surface area contributed by atoms with Crippen LogP contribution in [-0.4, -0.2) is 22.3 Å². The summed E-state index contributed by atoms with van der Waals surface area (Å²) in [5.74, 6) is 0.612. The Hall–Kier alpha value is -2.10. The number of carbonyl (C=O) groups is 1. The summed E-state index contributed by atoms with van der Waals surface area (Å²) < 4.78 is 7.14. The van der Waals surface area contributed by atoms with E-state index in [0.29, 0.717) is 0 Å². The zero-order valence-electron chi connectivity index (χ0n) is 14.6. The van der Waals surface area contributed by atoms with Crippen LogP contribution in [0.1, 0.15) is 53.5 Å². The molecule has 0 saturated heterocycles. The maximum absolute atomic E-state index is 12.4. The summed E-state index contributed by atoms with van der Waals surface area (Å²) in [5.41, 5.74) is 4.11. The Morgan fingerprint density at radius 2 is 1.91 bits per heavy atom. The molecule has 0 aliphatic carbocycles. The Bertz CT molecular complexity index is 674. The van der Waals surface area contributed by atoms with Gasteiger partial charge in [-0.15, -0.1) is 0 Å². The van der Waals surface area contributed by atoms with Gasteiger partial charge in [0.1, 0.15) is 5.75 Å². The van der Waals surface area contributed by atoms with Gasteiger partial charge < -0.3 is 4.74 Å². The largest absolute Gasteiger partial charge is 0.483 e. The van der Waals surface area contributed by atoms with Crippen molar-refractivity contribution in [3.05, 3.63) is 46.8 Å². The Balaban J connectivity index is 2.05. The van der Waals surface area contributed by atoms with Crippen molar-refractivity contribution in [2.24, 2.45) is 0 Å². The van der Waals surface area contributed by atoms with Crippen molar-refractivity contribution in [1.29, 1.82) is 0 Å². The lowest BCUT2D eigenvalue weighted by Gasteiger charge is -2.09. The number of nitrogens with zero attached hydrogens (tertiary/aromatic N) is 2. The molecule has 0 radical (unpaired) electrons. The number of hydrogen-bond donors (Lipinski definition) is 0. The normalized spacial score (nSPS) is 10.8. The number of unbranched alkanes of at least 4 members (excludes halogenated alkanes) is 2. The van der Waals surface area contributed by atoms with Gasteiger partial charge in [0.2, 0.25) is 0 Å². The summed E-state index contributed by atoms with van der Waals surface area (Å²) in [7, 11) is 0. The highest BCUT2D eigenvalue weighted by atomic mass is 16.5. The van der Waals surface area contributed by atoms with Crippen LogP contribution in [0.3, 0.4) is 0 Å². The maximum Gasteiger partial charge on any atom is 0.284 e. The van der Waals surface area contributed by atoms with E-state index in [2.05, 4.69) is 12.0 Å². The summed E-state index contributed by atoms with van der Waals surface area (Å²) in [5, 5.41) is 4.41. The van der Waals surface area contributed by atoms with Crippen LogP contribution in [0.15, 0.2) is 24.3 Å². The van der Waals surface area contributed by atoms with Crippen LogP contribution in [0, 0.1) is 20.8 Å². The third-order valence-corrected chi connectivity index (χ3v) is 4.15. The van der Waals surface area contributed by atoms with E-state index in [1.54, 1.807) is 0 Å². The molecule has 0 saturated carbocycles. The van der Waals surface area contributed by atoms with Crippen molar-refractivity contribution in [3.63, 3.8) is 0 Å². The number of aromatic nitrogens is 2. The molecule has 4 nitrogen and oxygen atoms in total. The fourth-order valence-corrected chi connectivity index (χ4v) is 2.75. The summed E-state index contributed by atoms with van der Waals surface area (Å²) in [4.78, 5) is 12.4. The van der Waals surface area contributed by atoms with Crippen molar-refractivity contribution in [3.8, 4) is 5.75 Å². The van der Waals surface area contributed by atoms with Gasteiger partial charge in [0.25, 0.3) is 5.91 Å². The number of benzene rings is 1. The fourth-order valence-electron chi connectivity index (χ4n) is 2.75. The van der Waals surface area contributed by atoms with Gasteiger partial charge in [-0.05, 0) is 50.8 Å². The van der Waals surface area contributed by atoms with Crippen molar-refractivity contribution in [1.82, 2.24) is 9.78 Å². The first-order valence-electron chi connectivity index (χ1n) is 8.31. The summed E-state index contributed by atoms with van der Waals surface area (Å²) in [6.07, 6.45) is 4.51. The predicted octanol–water partition coefficient (Wildman–Crippen LogP) is 4.26. The lowest BCUT2D eigenvalue weighted by Crippen LogP contribution is -2.22. The van der Waals surface area contributed by atoms with E-state index in [1.165, 1.54) is 23.1 Å². The van der Waals surface area contributed by atoms with Crippen LogP contribution >= 0.6 is 0 Å². The second kappa shape index (κ2) is 7.95. The summed E-state index contributed by atoms with van der Waals surface area (Å²) in [6, 6.07) is 7.70. The molecule has 124 valence electrons. The number of rotatable bonds is 7. The Kier molecular flexibility index (Phi) is 5.97. The van der Waals surface area contributed by atoms with Crippen molar-refractivity contribution in [2.45, 2.75) is 53.4 Å². The lowest BCUT2D eigenvalue weighted by atomic mass is 10.1. The van der Waals surface area contributed by atoms with E-state index in [0.717, 1.165) is 35.5 Å². The minimum absolute atomic E-state index is 0.00120. The van der Waals surface area contributed by atoms with Crippen molar-refractivity contribution < 1.29 is 9.53 Å². The highest BCUT2D eigenvalue weighted by Crippen LogP contribution is 2.18. The minimum Gasteiger partial charge on any atom is -0.483 e. The molecule has 4 heteroatoms. The molecule has 0 aliphatic heterocycles. The molecule has 0 N–H and O–H groups in total. The van der Waals surface area contributed by atoms with E-state index in [-0.39, 0.29) is 12.5 Å². The van der Waals surface area contributed by atoms with Crippen LogP contribution in [0.5, 0.6) is 5.75 Å². The molecule has 0 aliphatic rings. The quantitative estimate of drug-likeness (QED) is 0.717. The van der Waals surface area contributed by atoms with Gasteiger partial charge >= 0.3 is 0 Å². The summed E-state index contributed by atoms with van der Waals surface area (Å²) in [6.45, 7) is 8.10. The zero-order valence-corrected chi connectivity index (χ0v) is 14.6. The van der Waals surface area contributed by atoms with Gasteiger partial charge in [-0.2, -0.15) is 5.10 Å². The molecule has 0 atom stereocenters. The molecule has 23 heavy (non-hydrogen) atoms. The second-order valence-electron chi connectivity index (χ2n) is 5.97. The number of hydrogen-bond acceptors (Lipinski definition) is 3.